The van der Waals surface area contributed by atoms with Crippen molar-refractivity contribution < 1.29 is 14.3 Å². The second kappa shape index (κ2) is 7.59. The molecule has 1 amide bonds. The smallest absolute Gasteiger partial charge is 0.308 e. The normalized spacial score (nSPS) is 22.8. The summed E-state index contributed by atoms with van der Waals surface area (Å²) in [5.74, 6) is -0.348. The maximum atomic E-state index is 12.2. The fraction of sp³-hybridized carbons (Fsp3) is 0.556. The molecule has 124 valence electrons. The second-order valence-corrected chi connectivity index (χ2v) is 6.33. The maximum absolute atomic E-state index is 12.2. The number of nitrogens with one attached hydrogen (secondary N) is 1. The van der Waals surface area contributed by atoms with Gasteiger partial charge in [0.25, 0.3) is 0 Å². The molecule has 23 heavy (non-hydrogen) atoms. The molecule has 1 heterocycles. The topological polar surface area (TPSA) is 58.6 Å². The molecule has 5 nitrogen and oxygen atoms in total. The largest absolute Gasteiger partial charge is 0.461 e. The van der Waals surface area contributed by atoms with E-state index in [4.69, 9.17) is 4.74 Å². The number of nitrogens with zero attached hydrogens (tertiary/aromatic N) is 1. The van der Waals surface area contributed by atoms with Gasteiger partial charge in [-0.2, -0.15) is 0 Å². The average molecular weight is 316 g/mol. The van der Waals surface area contributed by atoms with Crippen LogP contribution in [0.25, 0.3) is 0 Å². The molecule has 0 bridgehead atoms. The van der Waals surface area contributed by atoms with E-state index in [9.17, 15) is 9.59 Å². The molecular weight excluding hydrogens is 292 g/mol. The van der Waals surface area contributed by atoms with E-state index in [1.807, 2.05) is 30.3 Å². The standard InChI is InChI=1S/C18H24N2O3/c21-17(23-13-14-6-2-1-3-7-14)12-16-18(22)19-10-11-20(16)15-8-4-5-9-15/h1-3,6-7,15-16H,4-5,8-13H2,(H,19,22)/t16-/m0/s1. The molecule has 0 aromatic heterocycles. The first kappa shape index (κ1) is 16.0. The summed E-state index contributed by atoms with van der Waals surface area (Å²) in [6.07, 6.45) is 4.82. The molecule has 1 saturated heterocycles. The Labute approximate surface area is 137 Å². The zero-order valence-electron chi connectivity index (χ0n) is 13.4. The number of ether oxygens (including phenoxy) is 1. The zero-order chi connectivity index (χ0) is 16.1. The van der Waals surface area contributed by atoms with E-state index < -0.39 is 0 Å². The lowest BCUT2D eigenvalue weighted by Gasteiger charge is -2.38. The fourth-order valence-corrected chi connectivity index (χ4v) is 3.57. The van der Waals surface area contributed by atoms with Crippen LogP contribution < -0.4 is 5.32 Å². The summed E-state index contributed by atoms with van der Waals surface area (Å²) in [7, 11) is 0. The summed E-state index contributed by atoms with van der Waals surface area (Å²) in [6.45, 7) is 1.76. The van der Waals surface area contributed by atoms with E-state index in [-0.39, 0.29) is 30.9 Å². The van der Waals surface area contributed by atoms with E-state index in [1.165, 1.54) is 12.8 Å². The summed E-state index contributed by atoms with van der Waals surface area (Å²) in [4.78, 5) is 26.6. The van der Waals surface area contributed by atoms with Crippen LogP contribution in [0.2, 0.25) is 0 Å². The van der Waals surface area contributed by atoms with E-state index >= 15 is 0 Å². The number of esters is 1. The van der Waals surface area contributed by atoms with Gasteiger partial charge in [-0.15, -0.1) is 0 Å². The number of carbonyl (C=O) groups excluding carboxylic acids is 2. The molecule has 1 atom stereocenters. The van der Waals surface area contributed by atoms with Gasteiger partial charge in [0.05, 0.1) is 12.5 Å². The lowest BCUT2D eigenvalue weighted by Crippen LogP contribution is -2.58. The minimum atomic E-state index is -0.380. The van der Waals surface area contributed by atoms with Crippen molar-refractivity contribution in [1.82, 2.24) is 10.2 Å². The molecule has 1 aromatic carbocycles. The molecule has 1 N–H and O–H groups in total. The second-order valence-electron chi connectivity index (χ2n) is 6.33. The van der Waals surface area contributed by atoms with Crippen LogP contribution in [-0.4, -0.2) is 41.9 Å². The van der Waals surface area contributed by atoms with Crippen molar-refractivity contribution >= 4 is 11.9 Å². The molecule has 5 heteroatoms. The Balaban J connectivity index is 1.56. The van der Waals surface area contributed by atoms with E-state index in [1.54, 1.807) is 0 Å². The monoisotopic (exact) mass is 316 g/mol. The van der Waals surface area contributed by atoms with Crippen LogP contribution in [0, 0.1) is 0 Å². The van der Waals surface area contributed by atoms with E-state index in [0.29, 0.717) is 12.6 Å². The Morgan fingerprint density at radius 2 is 1.96 bits per heavy atom. The van der Waals surface area contributed by atoms with Gasteiger partial charge in [0.1, 0.15) is 6.61 Å². The first-order chi connectivity index (χ1) is 11.2. The maximum Gasteiger partial charge on any atom is 0.308 e. The lowest BCUT2D eigenvalue weighted by molar-refractivity contribution is -0.150. The van der Waals surface area contributed by atoms with Gasteiger partial charge in [-0.1, -0.05) is 43.2 Å². The fourth-order valence-electron chi connectivity index (χ4n) is 3.57. The Kier molecular flexibility index (Phi) is 5.28. The minimum absolute atomic E-state index is 0.0418. The highest BCUT2D eigenvalue weighted by atomic mass is 16.5. The van der Waals surface area contributed by atoms with Gasteiger partial charge in [-0.3, -0.25) is 14.5 Å². The minimum Gasteiger partial charge on any atom is -0.461 e. The van der Waals surface area contributed by atoms with Crippen LogP contribution in [0.1, 0.15) is 37.7 Å². The average Bonchev–Trinajstić information content (AvgIpc) is 3.10. The van der Waals surface area contributed by atoms with Crippen LogP contribution >= 0.6 is 0 Å². The molecule has 0 spiro atoms. The molecule has 1 aromatic rings. The number of carbonyl (C=O) groups is 2. The zero-order valence-corrected chi connectivity index (χ0v) is 13.4. The van der Waals surface area contributed by atoms with Gasteiger partial charge in [0.15, 0.2) is 0 Å². The van der Waals surface area contributed by atoms with Gasteiger partial charge in [-0.25, -0.2) is 0 Å². The highest BCUT2D eigenvalue weighted by Crippen LogP contribution is 2.27. The van der Waals surface area contributed by atoms with Gasteiger partial charge in [0, 0.05) is 19.1 Å². The molecule has 2 fully saturated rings. The molecule has 1 aliphatic heterocycles. The number of hydrogen-bond acceptors (Lipinski definition) is 4. The highest BCUT2D eigenvalue weighted by molar-refractivity contribution is 5.87. The van der Waals surface area contributed by atoms with Gasteiger partial charge >= 0.3 is 5.97 Å². The predicted octanol–water partition coefficient (Wildman–Crippen LogP) is 1.86. The van der Waals surface area contributed by atoms with Crippen LogP contribution in [0.15, 0.2) is 30.3 Å². The van der Waals surface area contributed by atoms with Crippen LogP contribution in [0.5, 0.6) is 0 Å². The van der Waals surface area contributed by atoms with Crippen molar-refractivity contribution in [2.24, 2.45) is 0 Å². The van der Waals surface area contributed by atoms with Crippen LogP contribution in [0.3, 0.4) is 0 Å². The van der Waals surface area contributed by atoms with Crippen LogP contribution in [-0.2, 0) is 20.9 Å². The number of piperazine rings is 1. The van der Waals surface area contributed by atoms with Crippen molar-refractivity contribution in [2.45, 2.75) is 50.8 Å². The predicted molar refractivity (Wildman–Crippen MR) is 86.6 cm³/mol. The number of benzene rings is 1. The highest BCUT2D eigenvalue weighted by Gasteiger charge is 2.37. The molecular formula is C18H24N2O3. The molecule has 0 unspecified atom stereocenters. The number of rotatable bonds is 5. The Bertz CT molecular complexity index is 540. The first-order valence-electron chi connectivity index (χ1n) is 8.47. The van der Waals surface area contributed by atoms with Crippen molar-refractivity contribution in [3.05, 3.63) is 35.9 Å². The summed E-state index contributed by atoms with van der Waals surface area (Å²) < 4.78 is 5.34. The molecule has 1 aliphatic carbocycles. The Morgan fingerprint density at radius 3 is 2.70 bits per heavy atom. The third kappa shape index (κ3) is 4.10. The van der Waals surface area contributed by atoms with Crippen molar-refractivity contribution in [2.75, 3.05) is 13.1 Å². The third-order valence-corrected chi connectivity index (χ3v) is 4.77. The van der Waals surface area contributed by atoms with Gasteiger partial charge < -0.3 is 10.1 Å². The summed E-state index contributed by atoms with van der Waals surface area (Å²) in [6, 6.07) is 9.66. The van der Waals surface area contributed by atoms with E-state index in [0.717, 1.165) is 24.9 Å². The number of amides is 1. The summed E-state index contributed by atoms with van der Waals surface area (Å²) >= 11 is 0. The summed E-state index contributed by atoms with van der Waals surface area (Å²) in [5, 5.41) is 2.88. The summed E-state index contributed by atoms with van der Waals surface area (Å²) in [5.41, 5.74) is 0.960. The van der Waals surface area contributed by atoms with Crippen LogP contribution in [0.4, 0.5) is 0 Å². The Morgan fingerprint density at radius 1 is 1.22 bits per heavy atom. The number of hydrogen-bond donors (Lipinski definition) is 1. The van der Waals surface area contributed by atoms with Crippen molar-refractivity contribution in [3.63, 3.8) is 0 Å². The Hall–Kier alpha value is -1.88. The van der Waals surface area contributed by atoms with Gasteiger partial charge in [-0.05, 0) is 18.4 Å². The van der Waals surface area contributed by atoms with Crippen molar-refractivity contribution in [1.29, 1.82) is 0 Å². The molecule has 2 aliphatic rings. The van der Waals surface area contributed by atoms with Gasteiger partial charge in [0.2, 0.25) is 5.91 Å². The van der Waals surface area contributed by atoms with Crippen molar-refractivity contribution in [3.8, 4) is 0 Å². The quantitative estimate of drug-likeness (QED) is 0.843. The molecule has 1 saturated carbocycles. The van der Waals surface area contributed by atoms with E-state index in [2.05, 4.69) is 10.2 Å². The molecule has 3 rings (SSSR count). The third-order valence-electron chi connectivity index (χ3n) is 4.77. The molecule has 0 radical (unpaired) electrons. The SMILES string of the molecule is O=C(C[C@H]1C(=O)NCCN1C1CCCC1)OCc1ccccc1. The lowest BCUT2D eigenvalue weighted by atomic mass is 10.0. The first-order valence-corrected chi connectivity index (χ1v) is 8.47.